The van der Waals surface area contributed by atoms with Gasteiger partial charge in [0.15, 0.2) is 12.4 Å². The van der Waals surface area contributed by atoms with Crippen molar-refractivity contribution >= 4 is 35.1 Å². The highest BCUT2D eigenvalue weighted by Crippen LogP contribution is 2.21. The van der Waals surface area contributed by atoms with E-state index in [1.165, 1.54) is 31.4 Å². The van der Waals surface area contributed by atoms with Crippen molar-refractivity contribution in [1.29, 1.82) is 0 Å². The monoisotopic (exact) mass is 485 g/mol. The second-order valence-electron chi connectivity index (χ2n) is 6.68. The number of carbonyl (C=O) groups excluding carboxylic acids is 3. The first kappa shape index (κ1) is 24.5. The summed E-state index contributed by atoms with van der Waals surface area (Å²) < 4.78 is 16.0. The van der Waals surface area contributed by atoms with Crippen molar-refractivity contribution in [3.8, 4) is 11.4 Å². The number of benzene rings is 2. The Bertz CT molecular complexity index is 1270. The van der Waals surface area contributed by atoms with Gasteiger partial charge >= 0.3 is 11.9 Å². The van der Waals surface area contributed by atoms with E-state index in [0.29, 0.717) is 11.3 Å². The van der Waals surface area contributed by atoms with Gasteiger partial charge in [-0.3, -0.25) is 9.59 Å². The Morgan fingerprint density at radius 2 is 1.76 bits per heavy atom. The number of esters is 2. The fourth-order valence-corrected chi connectivity index (χ4v) is 3.05. The zero-order valence-corrected chi connectivity index (χ0v) is 19.0. The molecule has 34 heavy (non-hydrogen) atoms. The third-order valence-electron chi connectivity index (χ3n) is 4.39. The van der Waals surface area contributed by atoms with Gasteiger partial charge < -0.3 is 19.5 Å². The minimum absolute atomic E-state index is 0.0627. The molecule has 0 spiro atoms. The summed E-state index contributed by atoms with van der Waals surface area (Å²) in [6.45, 7) is 1.15. The zero-order chi connectivity index (χ0) is 24.7. The van der Waals surface area contributed by atoms with E-state index in [1.54, 1.807) is 31.2 Å². The Morgan fingerprint density at radius 1 is 1.06 bits per heavy atom. The molecule has 0 aliphatic heterocycles. The zero-order valence-electron chi connectivity index (χ0n) is 18.2. The van der Waals surface area contributed by atoms with Gasteiger partial charge in [0.1, 0.15) is 0 Å². The van der Waals surface area contributed by atoms with Crippen molar-refractivity contribution in [3.63, 3.8) is 0 Å². The number of nitrogens with one attached hydrogen (secondary N) is 1. The Hall–Kier alpha value is -4.18. The molecule has 0 bridgehead atoms. The predicted octanol–water partition coefficient (Wildman–Crippen LogP) is 2.87. The number of methoxy groups -OCH3 is 1. The number of halogens is 1. The molecule has 0 aliphatic rings. The van der Waals surface area contributed by atoms with Gasteiger partial charge in [0.2, 0.25) is 5.69 Å². The van der Waals surface area contributed by atoms with Crippen LogP contribution in [0, 0.1) is 0 Å². The predicted molar refractivity (Wildman–Crippen MR) is 123 cm³/mol. The van der Waals surface area contributed by atoms with Crippen LogP contribution in [0.2, 0.25) is 5.02 Å². The molecular weight excluding hydrogens is 466 g/mol. The van der Waals surface area contributed by atoms with E-state index < -0.39 is 30.0 Å². The molecule has 176 valence electrons. The fourth-order valence-electron chi connectivity index (χ4n) is 2.84. The van der Waals surface area contributed by atoms with Crippen molar-refractivity contribution in [2.75, 3.05) is 25.6 Å². The summed E-state index contributed by atoms with van der Waals surface area (Å²) in [6.07, 6.45) is 0. The standard InChI is InChI=1S/C23H20ClN3O7/c1-3-33-23(31)21-18(12-20(29)27(26-21)17-7-5-4-6-16(17)24)34-13-19(28)25-15-10-8-14(9-11-15)22(30)32-2/h4-12H,3,13H2,1-2H3,(H,25,28). The highest BCUT2D eigenvalue weighted by molar-refractivity contribution is 6.32. The maximum Gasteiger partial charge on any atom is 0.362 e. The molecule has 0 saturated carbocycles. The summed E-state index contributed by atoms with van der Waals surface area (Å²) in [5, 5.41) is 6.89. The average Bonchev–Trinajstić information content (AvgIpc) is 2.83. The number of anilines is 1. The molecule has 0 fully saturated rings. The van der Waals surface area contributed by atoms with E-state index in [9.17, 15) is 19.2 Å². The van der Waals surface area contributed by atoms with Crippen LogP contribution in [0.25, 0.3) is 5.69 Å². The molecule has 0 saturated heterocycles. The summed E-state index contributed by atoms with van der Waals surface area (Å²) in [5.74, 6) is -2.14. The quantitative estimate of drug-likeness (QED) is 0.483. The molecule has 2 aromatic carbocycles. The van der Waals surface area contributed by atoms with Crippen LogP contribution in [-0.4, -0.2) is 47.9 Å². The molecule has 1 N–H and O–H groups in total. The Labute approximate surface area is 199 Å². The van der Waals surface area contributed by atoms with Crippen molar-refractivity contribution in [1.82, 2.24) is 9.78 Å². The molecule has 0 aliphatic carbocycles. The first-order valence-corrected chi connectivity index (χ1v) is 10.4. The number of amides is 1. The summed E-state index contributed by atoms with van der Waals surface area (Å²) in [4.78, 5) is 48.9. The number of hydrogen-bond donors (Lipinski definition) is 1. The van der Waals surface area contributed by atoms with Crippen LogP contribution in [0.15, 0.2) is 59.4 Å². The molecular formula is C23H20ClN3O7. The van der Waals surface area contributed by atoms with Gasteiger partial charge in [-0.2, -0.15) is 9.78 Å². The van der Waals surface area contributed by atoms with E-state index in [0.717, 1.165) is 10.7 Å². The lowest BCUT2D eigenvalue weighted by Crippen LogP contribution is -2.27. The van der Waals surface area contributed by atoms with Gasteiger partial charge in [0.25, 0.3) is 11.5 Å². The van der Waals surface area contributed by atoms with Gasteiger partial charge in [-0.25, -0.2) is 9.59 Å². The molecule has 11 heteroatoms. The van der Waals surface area contributed by atoms with Crippen LogP contribution >= 0.6 is 11.6 Å². The number of nitrogens with zero attached hydrogens (tertiary/aromatic N) is 2. The largest absolute Gasteiger partial charge is 0.481 e. The van der Waals surface area contributed by atoms with E-state index >= 15 is 0 Å². The second-order valence-corrected chi connectivity index (χ2v) is 7.09. The summed E-state index contributed by atoms with van der Waals surface area (Å²) in [5.41, 5.74) is 0.0612. The van der Waals surface area contributed by atoms with Crippen molar-refractivity contribution in [2.45, 2.75) is 6.92 Å². The lowest BCUT2D eigenvalue weighted by molar-refractivity contribution is -0.118. The molecule has 3 rings (SSSR count). The van der Waals surface area contributed by atoms with Gasteiger partial charge in [-0.1, -0.05) is 23.7 Å². The maximum atomic E-state index is 12.6. The summed E-state index contributed by atoms with van der Waals surface area (Å²) in [7, 11) is 1.27. The molecule has 3 aromatic rings. The SMILES string of the molecule is CCOC(=O)c1nn(-c2ccccc2Cl)c(=O)cc1OCC(=O)Nc1ccc(C(=O)OC)cc1. The molecule has 0 unspecified atom stereocenters. The number of ether oxygens (including phenoxy) is 3. The smallest absolute Gasteiger partial charge is 0.362 e. The van der Waals surface area contributed by atoms with E-state index in [2.05, 4.69) is 15.2 Å². The first-order chi connectivity index (χ1) is 16.3. The first-order valence-electron chi connectivity index (χ1n) is 10.0. The van der Waals surface area contributed by atoms with Gasteiger partial charge in [-0.05, 0) is 43.3 Å². The summed E-state index contributed by atoms with van der Waals surface area (Å²) in [6, 6.07) is 13.5. The van der Waals surface area contributed by atoms with Crippen LogP contribution in [-0.2, 0) is 14.3 Å². The van der Waals surface area contributed by atoms with Crippen molar-refractivity contribution < 1.29 is 28.6 Å². The molecule has 0 radical (unpaired) electrons. The highest BCUT2D eigenvalue weighted by atomic mass is 35.5. The number of aromatic nitrogens is 2. The van der Waals surface area contributed by atoms with E-state index in [-0.39, 0.29) is 28.8 Å². The van der Waals surface area contributed by atoms with Crippen LogP contribution in [0.3, 0.4) is 0 Å². The van der Waals surface area contributed by atoms with Crippen LogP contribution in [0.1, 0.15) is 27.8 Å². The van der Waals surface area contributed by atoms with Gasteiger partial charge in [0, 0.05) is 5.69 Å². The minimum Gasteiger partial charge on any atom is -0.481 e. The molecule has 1 amide bonds. The molecule has 1 heterocycles. The summed E-state index contributed by atoms with van der Waals surface area (Å²) >= 11 is 6.15. The Balaban J connectivity index is 1.80. The lowest BCUT2D eigenvalue weighted by Gasteiger charge is -2.13. The van der Waals surface area contributed by atoms with Crippen LogP contribution in [0.4, 0.5) is 5.69 Å². The third kappa shape index (κ3) is 5.78. The normalized spacial score (nSPS) is 10.3. The highest BCUT2D eigenvalue weighted by Gasteiger charge is 2.21. The Morgan fingerprint density at radius 3 is 2.41 bits per heavy atom. The van der Waals surface area contributed by atoms with Crippen LogP contribution < -0.4 is 15.6 Å². The van der Waals surface area contributed by atoms with Gasteiger partial charge in [0.05, 0.1) is 36.1 Å². The average molecular weight is 486 g/mol. The number of hydrogen-bond acceptors (Lipinski definition) is 8. The molecule has 10 nitrogen and oxygen atoms in total. The molecule has 0 atom stereocenters. The number of carbonyl (C=O) groups is 3. The fraction of sp³-hybridized carbons (Fsp3) is 0.174. The topological polar surface area (TPSA) is 126 Å². The number of rotatable bonds is 8. The third-order valence-corrected chi connectivity index (χ3v) is 4.71. The molecule has 1 aromatic heterocycles. The minimum atomic E-state index is -0.836. The van der Waals surface area contributed by atoms with Gasteiger partial charge in [-0.15, -0.1) is 0 Å². The second kappa shape index (κ2) is 11.1. The van der Waals surface area contributed by atoms with Crippen molar-refractivity contribution in [3.05, 3.63) is 81.2 Å². The lowest BCUT2D eigenvalue weighted by atomic mass is 10.2. The Kier molecular flexibility index (Phi) is 7.99. The van der Waals surface area contributed by atoms with E-state index in [1.807, 2.05) is 0 Å². The van der Waals surface area contributed by atoms with E-state index in [4.69, 9.17) is 21.1 Å². The maximum absolute atomic E-state index is 12.6. The van der Waals surface area contributed by atoms with Crippen LogP contribution in [0.5, 0.6) is 5.75 Å². The van der Waals surface area contributed by atoms with Crippen molar-refractivity contribution in [2.24, 2.45) is 0 Å². The number of para-hydroxylation sites is 1.